The number of allylic oxidation sites excluding steroid dienone is 9. The van der Waals surface area contributed by atoms with Crippen molar-refractivity contribution in [2.45, 2.75) is 85.7 Å². The largest absolute Gasteiger partial charge is 0.497 e. The van der Waals surface area contributed by atoms with E-state index < -0.39 is 0 Å². The number of carbonyl (C=O) groups is 1. The van der Waals surface area contributed by atoms with E-state index >= 15 is 0 Å². The summed E-state index contributed by atoms with van der Waals surface area (Å²) in [6, 6.07) is 5.95. The average molecular weight is 730 g/mol. The number of likely N-dealkylation sites (tertiary alicyclic amines) is 1. The van der Waals surface area contributed by atoms with Crippen LogP contribution in [-0.2, 0) is 16.1 Å². The number of nitrogens with one attached hydrogen (secondary N) is 1. The minimum absolute atomic E-state index is 0.0549. The number of halogens is 2. The first-order valence-corrected chi connectivity index (χ1v) is 19.1. The van der Waals surface area contributed by atoms with Crippen molar-refractivity contribution in [3.63, 3.8) is 0 Å². The van der Waals surface area contributed by atoms with Gasteiger partial charge in [-0.25, -0.2) is 0 Å². The second-order valence-electron chi connectivity index (χ2n) is 11.6. The molecule has 1 fully saturated rings. The molecule has 1 heterocycles. The molecule has 1 amide bonds. The van der Waals surface area contributed by atoms with Gasteiger partial charge in [-0.15, -0.1) is 18.2 Å². The fourth-order valence-electron chi connectivity index (χ4n) is 4.79. The number of rotatable bonds is 19. The van der Waals surface area contributed by atoms with Crippen LogP contribution in [0.4, 0.5) is 0 Å². The predicted octanol–water partition coefficient (Wildman–Crippen LogP) is 9.64. The predicted molar refractivity (Wildman–Crippen MR) is 214 cm³/mol. The summed E-state index contributed by atoms with van der Waals surface area (Å²) in [6.07, 6.45) is 24.1. The summed E-state index contributed by atoms with van der Waals surface area (Å²) in [5.41, 5.74) is 10.4. The zero-order valence-electron chi connectivity index (χ0n) is 30.4. The molecule has 1 aromatic carbocycles. The van der Waals surface area contributed by atoms with Crippen molar-refractivity contribution in [1.29, 1.82) is 0 Å². The highest BCUT2D eigenvalue weighted by Gasteiger charge is 2.21. The first kappa shape index (κ1) is 44.2. The van der Waals surface area contributed by atoms with Gasteiger partial charge in [-0.1, -0.05) is 91.1 Å². The summed E-state index contributed by atoms with van der Waals surface area (Å²) in [7, 11) is 2.11. The van der Waals surface area contributed by atoms with Crippen molar-refractivity contribution < 1.29 is 9.53 Å². The number of ether oxygens (including phenoxy) is 1. The summed E-state index contributed by atoms with van der Waals surface area (Å²) in [4.78, 5) is 17.2. The lowest BCUT2D eigenvalue weighted by molar-refractivity contribution is -0.122. The van der Waals surface area contributed by atoms with Gasteiger partial charge in [0.1, 0.15) is 5.76 Å². The van der Waals surface area contributed by atoms with E-state index in [0.717, 1.165) is 62.5 Å². The van der Waals surface area contributed by atoms with Crippen molar-refractivity contribution in [1.82, 2.24) is 15.1 Å². The zero-order chi connectivity index (χ0) is 36.4. The Balaban J connectivity index is 0.00000589. The summed E-state index contributed by atoms with van der Waals surface area (Å²) in [5, 5.41) is 6.32. The molecule has 0 unspecified atom stereocenters. The fraction of sp³-hybridized carbons (Fsp3) is 0.475. The van der Waals surface area contributed by atoms with E-state index in [2.05, 4.69) is 53.2 Å². The minimum atomic E-state index is 0.0549. The van der Waals surface area contributed by atoms with Crippen LogP contribution in [0.3, 0.4) is 0 Å². The normalized spacial score (nSPS) is 15.4. The monoisotopic (exact) mass is 728 g/mol. The molecule has 0 atom stereocenters. The molecule has 0 saturated carbocycles. The van der Waals surface area contributed by atoms with Crippen LogP contribution in [0.2, 0.25) is 10.0 Å². The van der Waals surface area contributed by atoms with E-state index in [-0.39, 0.29) is 11.9 Å². The summed E-state index contributed by atoms with van der Waals surface area (Å²) in [5.74, 6) is 4.23. The van der Waals surface area contributed by atoms with Crippen LogP contribution in [0, 0.1) is 12.3 Å². The molecule has 1 aliphatic rings. The molecule has 0 radical (unpaired) electrons. The van der Waals surface area contributed by atoms with Crippen LogP contribution in [-0.4, -0.2) is 60.9 Å². The van der Waals surface area contributed by atoms with Gasteiger partial charge in [0, 0.05) is 50.2 Å². The maximum atomic E-state index is 12.6. The van der Waals surface area contributed by atoms with Crippen LogP contribution in [0.1, 0.15) is 78.7 Å². The summed E-state index contributed by atoms with van der Waals surface area (Å²) < 4.78 is 5.92. The highest BCUT2D eigenvalue weighted by molar-refractivity contribution is 8.02. The molecule has 0 aliphatic carbocycles. The molecule has 0 aromatic heterocycles. The molecule has 6 nitrogen and oxygen atoms in total. The van der Waals surface area contributed by atoms with Crippen molar-refractivity contribution in [3.8, 4) is 12.3 Å². The zero-order valence-corrected chi connectivity index (χ0v) is 32.8. The molecule has 270 valence electrons. The third-order valence-corrected chi connectivity index (χ3v) is 9.45. The number of terminal acetylenes is 1. The van der Waals surface area contributed by atoms with E-state index in [9.17, 15) is 4.79 Å². The maximum Gasteiger partial charge on any atom is 0.220 e. The highest BCUT2D eigenvalue weighted by Crippen LogP contribution is 2.24. The van der Waals surface area contributed by atoms with Crippen molar-refractivity contribution in [3.05, 3.63) is 104 Å². The molecule has 49 heavy (non-hydrogen) atoms. The van der Waals surface area contributed by atoms with Crippen molar-refractivity contribution in [2.75, 3.05) is 39.2 Å². The Morgan fingerprint density at radius 1 is 1.16 bits per heavy atom. The van der Waals surface area contributed by atoms with E-state index in [0.29, 0.717) is 47.4 Å². The van der Waals surface area contributed by atoms with Gasteiger partial charge in [-0.3, -0.25) is 14.6 Å². The average Bonchev–Trinajstić information content (AvgIpc) is 3.10. The van der Waals surface area contributed by atoms with E-state index in [1.54, 1.807) is 11.8 Å². The third-order valence-electron chi connectivity index (χ3n) is 7.70. The molecule has 0 bridgehead atoms. The fourth-order valence-corrected chi connectivity index (χ4v) is 5.93. The number of hydrogen-bond acceptors (Lipinski definition) is 6. The van der Waals surface area contributed by atoms with Gasteiger partial charge in [0.15, 0.2) is 0 Å². The first-order chi connectivity index (χ1) is 23.6. The Morgan fingerprint density at radius 2 is 1.90 bits per heavy atom. The second-order valence-corrected chi connectivity index (χ2v) is 13.3. The highest BCUT2D eigenvalue weighted by atomic mass is 35.5. The van der Waals surface area contributed by atoms with E-state index in [1.165, 1.54) is 5.57 Å². The number of nitrogens with two attached hydrogens (primary N) is 1. The SMILES string of the molecule is C#CC\C(=C/C=C(C)/C(N)=C/SCN(C)CCC(/C=C\C=C/C)=C/C)OCCCC(=O)NC1CCN(Cc2ccc(Cl)c(Cl)c2)CC1.CC. The van der Waals surface area contributed by atoms with Gasteiger partial charge in [0.2, 0.25) is 5.91 Å². The molecule has 1 aromatic rings. The Labute approximate surface area is 311 Å². The third kappa shape index (κ3) is 19.8. The summed E-state index contributed by atoms with van der Waals surface area (Å²) >= 11 is 13.9. The standard InChI is InChI=1S/C38H52Cl2N4O2S.C2H6/c1-6-9-10-13-31(8-3)19-22-43(5)29-47-28-37(41)30(4)15-17-34(12-7-2)46-25-11-14-38(45)42-33-20-23-44(24-21-33)27-32-16-18-35(39)36(40)26-32;1-2/h2,6,8-10,13,15-18,26,28,33H,11-12,14,19-25,27,29,41H2,1,3-5H3,(H,42,45);1-2H3/b9-6-,13-10-,30-15+,31-8+,34-17+,37-28-;. The minimum Gasteiger partial charge on any atom is -0.497 e. The van der Waals surface area contributed by atoms with Crippen molar-refractivity contribution >= 4 is 40.9 Å². The molecule has 9 heteroatoms. The van der Waals surface area contributed by atoms with E-state index in [1.807, 2.05) is 75.6 Å². The molecule has 3 N–H and O–H groups in total. The molecule has 0 spiro atoms. The van der Waals surface area contributed by atoms with Gasteiger partial charge in [-0.2, -0.15) is 0 Å². The Morgan fingerprint density at radius 3 is 2.55 bits per heavy atom. The van der Waals surface area contributed by atoms with Gasteiger partial charge in [0.05, 0.1) is 23.1 Å². The molecule has 1 saturated heterocycles. The maximum absolute atomic E-state index is 12.6. The molecular weight excluding hydrogens is 671 g/mol. The number of hydrogen-bond donors (Lipinski definition) is 2. The molecule has 1 aliphatic heterocycles. The Kier molecular flexibility index (Phi) is 24.3. The lowest BCUT2D eigenvalue weighted by Crippen LogP contribution is -2.44. The van der Waals surface area contributed by atoms with Crippen LogP contribution in [0.25, 0.3) is 0 Å². The molecule has 2 rings (SSSR count). The number of nitrogens with zero attached hydrogens (tertiary/aromatic N) is 2. The number of thioether (sulfide) groups is 1. The van der Waals surface area contributed by atoms with Gasteiger partial charge >= 0.3 is 0 Å². The van der Waals surface area contributed by atoms with Gasteiger partial charge in [-0.05, 0) is 88.3 Å². The number of carbonyl (C=O) groups excluding carboxylic acids is 1. The molecular formula is C40H58Cl2N4O2S. The smallest absolute Gasteiger partial charge is 0.220 e. The second kappa shape index (κ2) is 26.9. The quantitative estimate of drug-likeness (QED) is 0.0486. The van der Waals surface area contributed by atoms with E-state index in [4.69, 9.17) is 40.1 Å². The van der Waals surface area contributed by atoms with Crippen LogP contribution in [0.5, 0.6) is 0 Å². The van der Waals surface area contributed by atoms with Crippen LogP contribution in [0.15, 0.2) is 88.7 Å². The topological polar surface area (TPSA) is 70.8 Å². The number of piperidine rings is 1. The van der Waals surface area contributed by atoms with Crippen LogP contribution < -0.4 is 11.1 Å². The Hall–Kier alpha value is -2.86. The van der Waals surface area contributed by atoms with Crippen molar-refractivity contribution in [2.24, 2.45) is 5.73 Å². The summed E-state index contributed by atoms with van der Waals surface area (Å²) in [6.45, 7) is 14.1. The lowest BCUT2D eigenvalue weighted by Gasteiger charge is -2.32. The van der Waals surface area contributed by atoms with Gasteiger partial charge < -0.3 is 15.8 Å². The number of amides is 1. The first-order valence-electron chi connectivity index (χ1n) is 17.2. The van der Waals surface area contributed by atoms with Crippen LogP contribution >= 0.6 is 35.0 Å². The Bertz CT molecular complexity index is 1350. The van der Waals surface area contributed by atoms with Gasteiger partial charge in [0.25, 0.3) is 0 Å². The lowest BCUT2D eigenvalue weighted by atomic mass is 10.0. The number of benzene rings is 1.